The van der Waals surface area contributed by atoms with Gasteiger partial charge in [-0.3, -0.25) is 4.79 Å². The van der Waals surface area contributed by atoms with E-state index in [1.165, 1.54) is 0 Å². The van der Waals surface area contributed by atoms with Crippen LogP contribution >= 0.6 is 35.3 Å². The number of hydrogen-bond acceptors (Lipinski definition) is 4. The third kappa shape index (κ3) is 5.18. The molecule has 132 valence electrons. The van der Waals surface area contributed by atoms with Crippen molar-refractivity contribution in [2.45, 2.75) is 26.8 Å². The molecular weight excluding hydrogens is 365 g/mol. The molecule has 1 heterocycles. The molecule has 2 atom stereocenters. The maximum absolute atomic E-state index is 12.2. The highest BCUT2D eigenvalue weighted by Gasteiger charge is 2.19. The van der Waals surface area contributed by atoms with Crippen LogP contribution in [-0.4, -0.2) is 24.5 Å². The summed E-state index contributed by atoms with van der Waals surface area (Å²) in [7, 11) is 1.85. The van der Waals surface area contributed by atoms with Gasteiger partial charge in [-0.2, -0.15) is 0 Å². The summed E-state index contributed by atoms with van der Waals surface area (Å²) in [6.45, 7) is 6.55. The second kappa shape index (κ2) is 9.37. The van der Waals surface area contributed by atoms with E-state index in [4.69, 9.17) is 11.6 Å². The molecule has 0 saturated heterocycles. The Bertz CT molecular complexity index is 673. The molecule has 2 rings (SSSR count). The van der Waals surface area contributed by atoms with Crippen LogP contribution in [0.5, 0.6) is 0 Å². The third-order valence-corrected chi connectivity index (χ3v) is 5.27. The Hall–Kier alpha value is -1.14. The molecule has 7 heteroatoms. The van der Waals surface area contributed by atoms with Crippen LogP contribution in [0.25, 0.3) is 10.6 Å². The van der Waals surface area contributed by atoms with Crippen molar-refractivity contribution >= 4 is 41.3 Å². The van der Waals surface area contributed by atoms with E-state index in [-0.39, 0.29) is 30.3 Å². The number of carbonyl (C=O) groups is 1. The van der Waals surface area contributed by atoms with Gasteiger partial charge in [0.2, 0.25) is 5.91 Å². The maximum Gasteiger partial charge on any atom is 0.224 e. The summed E-state index contributed by atoms with van der Waals surface area (Å²) in [5.74, 6) is -0.0147. The van der Waals surface area contributed by atoms with Crippen LogP contribution in [-0.2, 0) is 4.79 Å². The number of amides is 1. The molecule has 0 radical (unpaired) electrons. The fourth-order valence-electron chi connectivity index (χ4n) is 2.35. The average molecular weight is 388 g/mol. The molecule has 4 nitrogen and oxygen atoms in total. The number of rotatable bonds is 6. The van der Waals surface area contributed by atoms with E-state index < -0.39 is 0 Å². The quantitative estimate of drug-likeness (QED) is 0.779. The highest BCUT2D eigenvalue weighted by Crippen LogP contribution is 2.32. The SMILES string of the molecule is CNCC(C)C(=O)NC(C)c1sc(-c2ccc(Cl)cc2)nc1C.Cl. The van der Waals surface area contributed by atoms with Crippen molar-refractivity contribution < 1.29 is 4.79 Å². The van der Waals surface area contributed by atoms with Gasteiger partial charge in [0.15, 0.2) is 0 Å². The van der Waals surface area contributed by atoms with Gasteiger partial charge in [-0.25, -0.2) is 4.98 Å². The van der Waals surface area contributed by atoms with E-state index in [1.54, 1.807) is 11.3 Å². The van der Waals surface area contributed by atoms with Gasteiger partial charge in [-0.1, -0.05) is 30.7 Å². The van der Waals surface area contributed by atoms with Crippen molar-refractivity contribution in [1.29, 1.82) is 0 Å². The van der Waals surface area contributed by atoms with Gasteiger partial charge in [-0.15, -0.1) is 23.7 Å². The fraction of sp³-hybridized carbons (Fsp3) is 0.412. The number of hydrogen-bond donors (Lipinski definition) is 2. The lowest BCUT2D eigenvalue weighted by atomic mass is 10.1. The molecule has 2 unspecified atom stereocenters. The van der Waals surface area contributed by atoms with Gasteiger partial charge in [0.1, 0.15) is 5.01 Å². The van der Waals surface area contributed by atoms with E-state index in [9.17, 15) is 4.79 Å². The lowest BCUT2D eigenvalue weighted by Gasteiger charge is -2.16. The zero-order chi connectivity index (χ0) is 17.0. The third-order valence-electron chi connectivity index (χ3n) is 3.63. The second-order valence-electron chi connectivity index (χ2n) is 5.66. The number of aromatic nitrogens is 1. The molecule has 0 aliphatic carbocycles. The van der Waals surface area contributed by atoms with Crippen LogP contribution in [0.1, 0.15) is 30.5 Å². The Morgan fingerprint density at radius 1 is 1.29 bits per heavy atom. The van der Waals surface area contributed by atoms with Gasteiger partial charge in [-0.05, 0) is 33.0 Å². The predicted octanol–water partition coefficient (Wildman–Crippen LogP) is 4.23. The van der Waals surface area contributed by atoms with Gasteiger partial charge in [0, 0.05) is 23.0 Å². The molecule has 24 heavy (non-hydrogen) atoms. The number of halogens is 2. The summed E-state index contributed by atoms with van der Waals surface area (Å²) < 4.78 is 0. The predicted molar refractivity (Wildman–Crippen MR) is 104 cm³/mol. The highest BCUT2D eigenvalue weighted by molar-refractivity contribution is 7.15. The van der Waals surface area contributed by atoms with Crippen LogP contribution < -0.4 is 10.6 Å². The first-order valence-electron chi connectivity index (χ1n) is 7.60. The minimum atomic E-state index is -0.0635. The standard InChI is InChI=1S/C17H22ClN3OS.ClH/c1-10(9-19-4)16(22)20-11(2)15-12(3)21-17(23-15)13-5-7-14(18)8-6-13;/h5-8,10-11,19H,9H2,1-4H3,(H,20,22);1H. The molecule has 0 bridgehead atoms. The first-order chi connectivity index (χ1) is 10.9. The summed E-state index contributed by atoms with van der Waals surface area (Å²) in [5.41, 5.74) is 1.99. The van der Waals surface area contributed by atoms with Gasteiger partial charge in [0.05, 0.1) is 16.6 Å². The monoisotopic (exact) mass is 387 g/mol. The normalized spacial score (nSPS) is 13.0. The van der Waals surface area contributed by atoms with Crippen LogP contribution in [0, 0.1) is 12.8 Å². The Kier molecular flexibility index (Phi) is 8.16. The molecule has 2 aromatic rings. The van der Waals surface area contributed by atoms with E-state index in [2.05, 4.69) is 15.6 Å². The number of carbonyl (C=O) groups excluding carboxylic acids is 1. The summed E-state index contributed by atoms with van der Waals surface area (Å²) in [6, 6.07) is 7.58. The number of nitrogens with zero attached hydrogens (tertiary/aromatic N) is 1. The van der Waals surface area contributed by atoms with Crippen molar-refractivity contribution in [2.24, 2.45) is 5.92 Å². The van der Waals surface area contributed by atoms with Crippen molar-refractivity contribution in [3.63, 3.8) is 0 Å². The molecule has 1 aromatic heterocycles. The summed E-state index contributed by atoms with van der Waals surface area (Å²) >= 11 is 7.54. The number of aryl methyl sites for hydroxylation is 1. The van der Waals surface area contributed by atoms with Crippen LogP contribution in [0.2, 0.25) is 5.02 Å². The van der Waals surface area contributed by atoms with Crippen molar-refractivity contribution in [3.8, 4) is 10.6 Å². The molecule has 1 amide bonds. The van der Waals surface area contributed by atoms with Gasteiger partial charge in [0.25, 0.3) is 0 Å². The van der Waals surface area contributed by atoms with Crippen molar-refractivity contribution in [1.82, 2.24) is 15.6 Å². The summed E-state index contributed by atoms with van der Waals surface area (Å²) in [6.07, 6.45) is 0. The van der Waals surface area contributed by atoms with Crippen LogP contribution in [0.3, 0.4) is 0 Å². The molecule has 2 N–H and O–H groups in total. The van der Waals surface area contributed by atoms with Gasteiger partial charge < -0.3 is 10.6 Å². The summed E-state index contributed by atoms with van der Waals surface area (Å²) in [4.78, 5) is 17.9. The van der Waals surface area contributed by atoms with Crippen LogP contribution in [0.4, 0.5) is 0 Å². The minimum absolute atomic E-state index is 0. The molecule has 0 saturated carbocycles. The largest absolute Gasteiger partial charge is 0.348 e. The Morgan fingerprint density at radius 3 is 2.50 bits per heavy atom. The van der Waals surface area contributed by atoms with Gasteiger partial charge >= 0.3 is 0 Å². The molecule has 0 fully saturated rings. The molecule has 0 aliphatic heterocycles. The molecule has 0 spiro atoms. The first kappa shape index (κ1) is 20.9. The van der Waals surface area contributed by atoms with Crippen LogP contribution in [0.15, 0.2) is 24.3 Å². The molecular formula is C17H23Cl2N3OS. The lowest BCUT2D eigenvalue weighted by Crippen LogP contribution is -2.35. The number of benzene rings is 1. The van der Waals surface area contributed by atoms with E-state index in [0.717, 1.165) is 21.1 Å². The first-order valence-corrected chi connectivity index (χ1v) is 8.80. The van der Waals surface area contributed by atoms with Crippen molar-refractivity contribution in [3.05, 3.63) is 39.9 Å². The van der Waals surface area contributed by atoms with E-state index >= 15 is 0 Å². The second-order valence-corrected chi connectivity index (χ2v) is 7.13. The Labute approximate surface area is 158 Å². The minimum Gasteiger partial charge on any atom is -0.348 e. The number of thiazole rings is 1. The highest BCUT2D eigenvalue weighted by atomic mass is 35.5. The lowest BCUT2D eigenvalue weighted by molar-refractivity contribution is -0.125. The molecule has 0 aliphatic rings. The topological polar surface area (TPSA) is 54.0 Å². The Morgan fingerprint density at radius 2 is 1.92 bits per heavy atom. The smallest absolute Gasteiger partial charge is 0.224 e. The maximum atomic E-state index is 12.2. The average Bonchev–Trinajstić information content (AvgIpc) is 2.90. The fourth-order valence-corrected chi connectivity index (χ4v) is 3.55. The number of nitrogens with one attached hydrogen (secondary N) is 2. The Balaban J connectivity index is 0.00000288. The zero-order valence-electron chi connectivity index (χ0n) is 14.2. The van der Waals surface area contributed by atoms with Crippen molar-refractivity contribution in [2.75, 3.05) is 13.6 Å². The van der Waals surface area contributed by atoms with E-state index in [0.29, 0.717) is 11.6 Å². The summed E-state index contributed by atoms with van der Waals surface area (Å²) in [5, 5.41) is 7.74. The van der Waals surface area contributed by atoms with E-state index in [1.807, 2.05) is 52.1 Å². The molecule has 1 aromatic carbocycles. The zero-order valence-corrected chi connectivity index (χ0v) is 16.6.